The van der Waals surface area contributed by atoms with Crippen molar-refractivity contribution < 1.29 is 18.4 Å². The number of methoxy groups -OCH3 is 1. The number of likely N-dealkylation sites (tertiary alicyclic amines) is 1. The molecule has 1 aliphatic rings. The number of carbonyl (C=O) groups excluding carboxylic acids is 1. The highest BCUT2D eigenvalue weighted by atomic mass is 19.1. The number of carbonyl (C=O) groups is 1. The number of ether oxygens (including phenoxy) is 1. The molecule has 2 heterocycles. The Labute approximate surface area is 174 Å². The van der Waals surface area contributed by atoms with E-state index in [2.05, 4.69) is 10.1 Å². The van der Waals surface area contributed by atoms with Crippen molar-refractivity contribution >= 4 is 5.91 Å². The summed E-state index contributed by atoms with van der Waals surface area (Å²) in [5, 5.41) is 4.00. The number of aryl methyl sites for hydroxylation is 1. The molecule has 7 heteroatoms. The van der Waals surface area contributed by atoms with E-state index < -0.39 is 0 Å². The van der Waals surface area contributed by atoms with Crippen molar-refractivity contribution in [2.45, 2.75) is 31.6 Å². The summed E-state index contributed by atoms with van der Waals surface area (Å²) in [5.74, 6) is 1.43. The van der Waals surface area contributed by atoms with Crippen molar-refractivity contribution in [1.82, 2.24) is 15.0 Å². The van der Waals surface area contributed by atoms with Gasteiger partial charge in [0, 0.05) is 25.1 Å². The second-order valence-electron chi connectivity index (χ2n) is 7.50. The molecule has 1 fully saturated rings. The van der Waals surface area contributed by atoms with E-state index >= 15 is 0 Å². The van der Waals surface area contributed by atoms with Crippen LogP contribution in [0.4, 0.5) is 4.39 Å². The van der Waals surface area contributed by atoms with E-state index in [-0.39, 0.29) is 17.6 Å². The number of piperidine rings is 1. The van der Waals surface area contributed by atoms with Crippen molar-refractivity contribution in [1.29, 1.82) is 0 Å². The standard InChI is InChI=1S/C23H24FN3O3/c1-29-20-9-2-5-16(13-20)10-11-21(28)27-12-4-7-18(15-27)23-25-22(26-30-23)17-6-3-8-19(24)14-17/h2-3,5-6,8-9,13-14,18H,4,7,10-12,15H2,1H3. The molecule has 0 N–H and O–H groups in total. The smallest absolute Gasteiger partial charge is 0.231 e. The van der Waals surface area contributed by atoms with Crippen LogP contribution in [0, 0.1) is 5.82 Å². The van der Waals surface area contributed by atoms with Gasteiger partial charge in [-0.2, -0.15) is 4.98 Å². The molecule has 1 aliphatic heterocycles. The molecule has 2 aromatic carbocycles. The maximum atomic E-state index is 13.5. The zero-order valence-corrected chi connectivity index (χ0v) is 16.9. The summed E-state index contributed by atoms with van der Waals surface area (Å²) in [7, 11) is 1.63. The minimum atomic E-state index is -0.343. The van der Waals surface area contributed by atoms with Crippen LogP contribution in [-0.4, -0.2) is 41.1 Å². The third-order valence-electron chi connectivity index (χ3n) is 5.41. The summed E-state index contributed by atoms with van der Waals surface area (Å²) in [4.78, 5) is 19.1. The van der Waals surface area contributed by atoms with Gasteiger partial charge in [0.25, 0.3) is 0 Å². The average Bonchev–Trinajstić information content (AvgIpc) is 3.28. The van der Waals surface area contributed by atoms with Crippen molar-refractivity contribution in [3.8, 4) is 17.1 Å². The molecule has 1 unspecified atom stereocenters. The first kappa shape index (κ1) is 20.1. The Balaban J connectivity index is 1.37. The van der Waals surface area contributed by atoms with Crippen LogP contribution in [0.25, 0.3) is 11.4 Å². The van der Waals surface area contributed by atoms with E-state index in [1.54, 1.807) is 19.2 Å². The van der Waals surface area contributed by atoms with E-state index in [0.717, 1.165) is 30.7 Å². The molecule has 1 amide bonds. The van der Waals surface area contributed by atoms with E-state index in [1.807, 2.05) is 29.2 Å². The van der Waals surface area contributed by atoms with E-state index in [9.17, 15) is 9.18 Å². The van der Waals surface area contributed by atoms with Crippen molar-refractivity contribution in [2.24, 2.45) is 0 Å². The normalized spacial score (nSPS) is 16.5. The zero-order chi connectivity index (χ0) is 20.9. The summed E-state index contributed by atoms with van der Waals surface area (Å²) >= 11 is 0. The highest BCUT2D eigenvalue weighted by Gasteiger charge is 2.28. The zero-order valence-electron chi connectivity index (χ0n) is 16.9. The predicted molar refractivity (Wildman–Crippen MR) is 110 cm³/mol. The van der Waals surface area contributed by atoms with Gasteiger partial charge in [0.15, 0.2) is 0 Å². The first-order valence-corrected chi connectivity index (χ1v) is 10.1. The minimum Gasteiger partial charge on any atom is -0.497 e. The fraction of sp³-hybridized carbons (Fsp3) is 0.348. The Morgan fingerprint density at radius 2 is 2.13 bits per heavy atom. The van der Waals surface area contributed by atoms with Gasteiger partial charge in [-0.25, -0.2) is 4.39 Å². The lowest BCUT2D eigenvalue weighted by atomic mass is 9.97. The van der Waals surface area contributed by atoms with Gasteiger partial charge in [-0.15, -0.1) is 0 Å². The third kappa shape index (κ3) is 4.67. The van der Waals surface area contributed by atoms with Gasteiger partial charge in [0.2, 0.25) is 17.6 Å². The van der Waals surface area contributed by atoms with Crippen LogP contribution >= 0.6 is 0 Å². The van der Waals surface area contributed by atoms with E-state index in [0.29, 0.717) is 36.7 Å². The van der Waals surface area contributed by atoms with Gasteiger partial charge >= 0.3 is 0 Å². The van der Waals surface area contributed by atoms with Crippen LogP contribution in [0.5, 0.6) is 5.75 Å². The molecular weight excluding hydrogens is 385 g/mol. The topological polar surface area (TPSA) is 68.5 Å². The van der Waals surface area contributed by atoms with Gasteiger partial charge in [-0.3, -0.25) is 4.79 Å². The van der Waals surface area contributed by atoms with Crippen molar-refractivity contribution in [3.63, 3.8) is 0 Å². The number of nitrogens with zero attached hydrogens (tertiary/aromatic N) is 3. The molecule has 30 heavy (non-hydrogen) atoms. The summed E-state index contributed by atoms with van der Waals surface area (Å²) in [6.45, 7) is 1.29. The third-order valence-corrected chi connectivity index (χ3v) is 5.41. The molecule has 3 aromatic rings. The minimum absolute atomic E-state index is 0.00525. The number of rotatable bonds is 6. The molecular formula is C23H24FN3O3. The molecule has 156 valence electrons. The first-order chi connectivity index (χ1) is 14.6. The molecule has 4 rings (SSSR count). The maximum absolute atomic E-state index is 13.5. The summed E-state index contributed by atoms with van der Waals surface area (Å²) in [6, 6.07) is 13.9. The Morgan fingerprint density at radius 1 is 1.27 bits per heavy atom. The number of benzene rings is 2. The molecule has 6 nitrogen and oxygen atoms in total. The van der Waals surface area contributed by atoms with Crippen LogP contribution in [0.2, 0.25) is 0 Å². The molecule has 1 atom stereocenters. The fourth-order valence-electron chi connectivity index (χ4n) is 3.79. The highest BCUT2D eigenvalue weighted by Crippen LogP contribution is 2.28. The van der Waals surface area contributed by atoms with Crippen molar-refractivity contribution in [2.75, 3.05) is 20.2 Å². The second-order valence-corrected chi connectivity index (χ2v) is 7.50. The number of amides is 1. The van der Waals surface area contributed by atoms with E-state index in [4.69, 9.17) is 9.26 Å². The van der Waals surface area contributed by atoms with Gasteiger partial charge in [-0.05, 0) is 49.1 Å². The summed E-state index contributed by atoms with van der Waals surface area (Å²) in [6.07, 6.45) is 2.87. The SMILES string of the molecule is COc1cccc(CCC(=O)N2CCCC(c3nc(-c4cccc(F)c4)no3)C2)c1. The Kier molecular flexibility index (Phi) is 6.07. The predicted octanol–water partition coefficient (Wildman–Crippen LogP) is 4.22. The number of hydrogen-bond acceptors (Lipinski definition) is 5. The average molecular weight is 409 g/mol. The van der Waals surface area contributed by atoms with Crippen LogP contribution in [0.3, 0.4) is 0 Å². The fourth-order valence-corrected chi connectivity index (χ4v) is 3.79. The van der Waals surface area contributed by atoms with Gasteiger partial charge < -0.3 is 14.2 Å². The molecule has 0 radical (unpaired) electrons. The lowest BCUT2D eigenvalue weighted by molar-refractivity contribution is -0.132. The van der Waals surface area contributed by atoms with Gasteiger partial charge in [0.1, 0.15) is 11.6 Å². The Morgan fingerprint density at radius 3 is 2.97 bits per heavy atom. The van der Waals surface area contributed by atoms with Crippen LogP contribution in [0.15, 0.2) is 53.1 Å². The van der Waals surface area contributed by atoms with E-state index in [1.165, 1.54) is 12.1 Å². The van der Waals surface area contributed by atoms with Gasteiger partial charge in [-0.1, -0.05) is 29.4 Å². The summed E-state index contributed by atoms with van der Waals surface area (Å²) < 4.78 is 24.1. The quantitative estimate of drug-likeness (QED) is 0.610. The van der Waals surface area contributed by atoms with Crippen molar-refractivity contribution in [3.05, 3.63) is 65.8 Å². The molecule has 0 saturated carbocycles. The lowest BCUT2D eigenvalue weighted by Gasteiger charge is -2.31. The van der Waals surface area contributed by atoms with Gasteiger partial charge in [0.05, 0.1) is 13.0 Å². The second kappa shape index (κ2) is 9.07. The highest BCUT2D eigenvalue weighted by molar-refractivity contribution is 5.76. The Hall–Kier alpha value is -3.22. The molecule has 1 saturated heterocycles. The maximum Gasteiger partial charge on any atom is 0.231 e. The van der Waals surface area contributed by atoms with Crippen LogP contribution in [0.1, 0.15) is 36.6 Å². The molecule has 0 bridgehead atoms. The molecule has 0 aliphatic carbocycles. The van der Waals surface area contributed by atoms with Crippen LogP contribution in [-0.2, 0) is 11.2 Å². The largest absolute Gasteiger partial charge is 0.497 e. The molecule has 0 spiro atoms. The monoisotopic (exact) mass is 409 g/mol. The number of aromatic nitrogens is 2. The summed E-state index contributed by atoms with van der Waals surface area (Å²) in [5.41, 5.74) is 1.65. The Bertz CT molecular complexity index is 1020. The number of halogens is 1. The first-order valence-electron chi connectivity index (χ1n) is 10.1. The lowest BCUT2D eigenvalue weighted by Crippen LogP contribution is -2.39. The van der Waals surface area contributed by atoms with Crippen LogP contribution < -0.4 is 4.74 Å². The number of hydrogen-bond donors (Lipinski definition) is 0. The molecule has 1 aromatic heterocycles.